The van der Waals surface area contributed by atoms with Crippen LogP contribution in [0, 0.1) is 6.92 Å². The Hall–Kier alpha value is -0.980. The van der Waals surface area contributed by atoms with Crippen LogP contribution >= 0.6 is 0 Å². The Balaban J connectivity index is 3.01. The molecule has 0 amide bonds. The van der Waals surface area contributed by atoms with Gasteiger partial charge in [0.25, 0.3) is 0 Å². The Labute approximate surface area is 86.8 Å². The van der Waals surface area contributed by atoms with Gasteiger partial charge in [0.15, 0.2) is 0 Å². The van der Waals surface area contributed by atoms with Crippen molar-refractivity contribution < 1.29 is 5.11 Å². The summed E-state index contributed by atoms with van der Waals surface area (Å²) in [6, 6.07) is 5.91. The quantitative estimate of drug-likeness (QED) is 0.772. The first kappa shape index (κ1) is 11.1. The summed E-state index contributed by atoms with van der Waals surface area (Å²) in [7, 11) is 0. The lowest BCUT2D eigenvalue weighted by atomic mass is 9.80. The number of hydrogen-bond donors (Lipinski definition) is 1. The van der Waals surface area contributed by atoms with Gasteiger partial charge < -0.3 is 5.11 Å². The molecule has 1 aromatic rings. The van der Waals surface area contributed by atoms with E-state index in [4.69, 9.17) is 0 Å². The summed E-state index contributed by atoms with van der Waals surface area (Å²) in [4.78, 5) is 0. The summed E-state index contributed by atoms with van der Waals surface area (Å²) in [6.45, 7) is 8.65. The molecule has 78 valence electrons. The van der Waals surface area contributed by atoms with Crippen molar-refractivity contribution in [1.29, 1.82) is 0 Å². The van der Waals surface area contributed by atoms with Crippen LogP contribution in [-0.4, -0.2) is 5.11 Å². The van der Waals surface area contributed by atoms with E-state index in [1.54, 1.807) is 6.07 Å². The summed E-state index contributed by atoms with van der Waals surface area (Å²) >= 11 is 0. The van der Waals surface area contributed by atoms with Crippen LogP contribution in [0.25, 0.3) is 0 Å². The molecule has 0 saturated carbocycles. The van der Waals surface area contributed by atoms with Crippen LogP contribution in [0.1, 0.15) is 44.7 Å². The van der Waals surface area contributed by atoms with E-state index in [1.807, 2.05) is 13.0 Å². The van der Waals surface area contributed by atoms with Crippen molar-refractivity contribution in [1.82, 2.24) is 0 Å². The van der Waals surface area contributed by atoms with E-state index < -0.39 is 0 Å². The summed E-state index contributed by atoms with van der Waals surface area (Å²) in [5, 5.41) is 9.44. The van der Waals surface area contributed by atoms with Gasteiger partial charge in [-0.15, -0.1) is 0 Å². The molecule has 1 N–H and O–H groups in total. The highest BCUT2D eigenvalue weighted by Gasteiger charge is 2.19. The van der Waals surface area contributed by atoms with Gasteiger partial charge in [0, 0.05) is 0 Å². The molecule has 14 heavy (non-hydrogen) atoms. The van der Waals surface area contributed by atoms with Gasteiger partial charge in [0.2, 0.25) is 0 Å². The molecule has 1 heteroatoms. The van der Waals surface area contributed by atoms with Crippen LogP contribution in [0.3, 0.4) is 0 Å². The second-order valence-corrected chi connectivity index (χ2v) is 4.64. The minimum absolute atomic E-state index is 0.215. The fourth-order valence-corrected chi connectivity index (χ4v) is 1.85. The molecule has 0 aromatic heterocycles. The fraction of sp³-hybridized carbons (Fsp3) is 0.538. The minimum Gasteiger partial charge on any atom is -0.508 e. The number of aromatic hydroxyl groups is 1. The second kappa shape index (κ2) is 4.04. The molecular weight excluding hydrogens is 172 g/mol. The Kier molecular flexibility index (Phi) is 3.20. The Morgan fingerprint density at radius 2 is 1.93 bits per heavy atom. The zero-order chi connectivity index (χ0) is 10.8. The monoisotopic (exact) mass is 192 g/mol. The number of rotatable bonds is 3. The van der Waals surface area contributed by atoms with Crippen molar-refractivity contribution in [3.8, 4) is 5.75 Å². The molecule has 0 aliphatic rings. The van der Waals surface area contributed by atoms with Crippen molar-refractivity contribution >= 4 is 0 Å². The molecule has 0 unspecified atom stereocenters. The third-order valence-electron chi connectivity index (χ3n) is 2.85. The van der Waals surface area contributed by atoms with E-state index in [9.17, 15) is 5.11 Å². The van der Waals surface area contributed by atoms with Gasteiger partial charge in [-0.1, -0.05) is 39.3 Å². The zero-order valence-corrected chi connectivity index (χ0v) is 9.59. The van der Waals surface area contributed by atoms with Crippen molar-refractivity contribution in [3.05, 3.63) is 29.3 Å². The molecule has 0 bridgehead atoms. The molecule has 0 radical (unpaired) electrons. The smallest absolute Gasteiger partial charge is 0.118 e. The molecule has 0 spiro atoms. The number of benzene rings is 1. The van der Waals surface area contributed by atoms with Crippen LogP contribution in [0.5, 0.6) is 5.75 Å². The van der Waals surface area contributed by atoms with Crippen LogP contribution in [-0.2, 0) is 5.41 Å². The standard InChI is InChI=1S/C13H20O/c1-5-8-13(3,4)11-6-7-12(14)10(2)9-11/h6-7,9,14H,5,8H2,1-4H3. The molecule has 1 aromatic carbocycles. The second-order valence-electron chi connectivity index (χ2n) is 4.64. The first-order valence-electron chi connectivity index (χ1n) is 5.27. The maximum Gasteiger partial charge on any atom is 0.118 e. The van der Waals surface area contributed by atoms with E-state index >= 15 is 0 Å². The number of phenols is 1. The molecule has 0 fully saturated rings. The van der Waals surface area contributed by atoms with Crippen molar-refractivity contribution in [2.45, 2.75) is 46.0 Å². The van der Waals surface area contributed by atoms with Gasteiger partial charge in [-0.3, -0.25) is 0 Å². The lowest BCUT2D eigenvalue weighted by molar-refractivity contribution is 0.460. The SMILES string of the molecule is CCCC(C)(C)c1ccc(O)c(C)c1. The molecule has 1 nitrogen and oxygen atoms in total. The average Bonchev–Trinajstić information content (AvgIpc) is 2.09. The van der Waals surface area contributed by atoms with Crippen LogP contribution < -0.4 is 0 Å². The van der Waals surface area contributed by atoms with E-state index in [-0.39, 0.29) is 5.41 Å². The lowest BCUT2D eigenvalue weighted by Gasteiger charge is -2.25. The van der Waals surface area contributed by atoms with E-state index in [1.165, 1.54) is 18.4 Å². The Morgan fingerprint density at radius 3 is 2.43 bits per heavy atom. The van der Waals surface area contributed by atoms with Crippen molar-refractivity contribution in [2.24, 2.45) is 0 Å². The van der Waals surface area contributed by atoms with Crippen molar-refractivity contribution in [3.63, 3.8) is 0 Å². The summed E-state index contributed by atoms with van der Waals surface area (Å²) in [5.74, 6) is 0.390. The summed E-state index contributed by atoms with van der Waals surface area (Å²) in [6.07, 6.45) is 2.37. The predicted octanol–water partition coefficient (Wildman–Crippen LogP) is 3.78. The van der Waals surface area contributed by atoms with Gasteiger partial charge in [-0.05, 0) is 36.0 Å². The third kappa shape index (κ3) is 2.28. The van der Waals surface area contributed by atoms with Gasteiger partial charge in [-0.2, -0.15) is 0 Å². The first-order chi connectivity index (χ1) is 6.47. The highest BCUT2D eigenvalue weighted by molar-refractivity contribution is 5.37. The molecule has 0 aliphatic carbocycles. The highest BCUT2D eigenvalue weighted by Crippen LogP contribution is 2.30. The summed E-state index contributed by atoms with van der Waals surface area (Å²) < 4.78 is 0. The van der Waals surface area contributed by atoms with Gasteiger partial charge >= 0.3 is 0 Å². The number of hydrogen-bond acceptors (Lipinski definition) is 1. The molecule has 0 saturated heterocycles. The molecule has 1 rings (SSSR count). The fourth-order valence-electron chi connectivity index (χ4n) is 1.85. The van der Waals surface area contributed by atoms with Crippen LogP contribution in [0.2, 0.25) is 0 Å². The lowest BCUT2D eigenvalue weighted by Crippen LogP contribution is -2.16. The van der Waals surface area contributed by atoms with Gasteiger partial charge in [-0.25, -0.2) is 0 Å². The molecule has 0 heterocycles. The minimum atomic E-state index is 0.215. The zero-order valence-electron chi connectivity index (χ0n) is 9.59. The topological polar surface area (TPSA) is 20.2 Å². The van der Waals surface area contributed by atoms with Gasteiger partial charge in [0.05, 0.1) is 0 Å². The van der Waals surface area contributed by atoms with E-state index in [0.29, 0.717) is 5.75 Å². The first-order valence-corrected chi connectivity index (χ1v) is 5.27. The predicted molar refractivity (Wildman–Crippen MR) is 60.8 cm³/mol. The summed E-state index contributed by atoms with van der Waals surface area (Å²) in [5.41, 5.74) is 2.49. The maximum atomic E-state index is 9.44. The maximum absolute atomic E-state index is 9.44. The molecular formula is C13H20O. The highest BCUT2D eigenvalue weighted by atomic mass is 16.3. The normalized spacial score (nSPS) is 11.7. The average molecular weight is 192 g/mol. The van der Waals surface area contributed by atoms with Gasteiger partial charge in [0.1, 0.15) is 5.75 Å². The Morgan fingerprint density at radius 1 is 1.29 bits per heavy atom. The number of aryl methyl sites for hydroxylation is 1. The van der Waals surface area contributed by atoms with E-state index in [0.717, 1.165) is 5.56 Å². The van der Waals surface area contributed by atoms with Crippen molar-refractivity contribution in [2.75, 3.05) is 0 Å². The Bertz CT molecular complexity index is 313. The third-order valence-corrected chi connectivity index (χ3v) is 2.85. The molecule has 0 atom stereocenters. The molecule has 0 aliphatic heterocycles. The van der Waals surface area contributed by atoms with Crippen LogP contribution in [0.15, 0.2) is 18.2 Å². The van der Waals surface area contributed by atoms with E-state index in [2.05, 4.69) is 26.8 Å². The van der Waals surface area contributed by atoms with Crippen LogP contribution in [0.4, 0.5) is 0 Å². The number of phenolic OH excluding ortho intramolecular Hbond substituents is 1. The largest absolute Gasteiger partial charge is 0.508 e.